The molecule has 17 heavy (non-hydrogen) atoms. The van der Waals surface area contributed by atoms with Crippen LogP contribution in [0.4, 0.5) is 33.7 Å². The van der Waals surface area contributed by atoms with Crippen LogP contribution in [-0.2, 0) is 0 Å². The number of amides is 2. The van der Waals surface area contributed by atoms with Crippen molar-refractivity contribution in [2.45, 2.75) is 6.18 Å². The first-order chi connectivity index (χ1) is 7.78. The van der Waals surface area contributed by atoms with Gasteiger partial charge in [0, 0.05) is 0 Å². The summed E-state index contributed by atoms with van der Waals surface area (Å²) < 4.78 is 48.1. The highest BCUT2D eigenvalue weighted by molar-refractivity contribution is 5.92. The standard InChI is InChI=1S/C9H9F4N3O/c10-5-1-2-6(14)7(3-5)16-8(17)15-4-9(11,12)13/h1-3H,4,14H2,(H2,15,16,17). The Morgan fingerprint density at radius 1 is 1.35 bits per heavy atom. The summed E-state index contributed by atoms with van der Waals surface area (Å²) in [5.41, 5.74) is 5.34. The van der Waals surface area contributed by atoms with Gasteiger partial charge in [-0.25, -0.2) is 9.18 Å². The minimum Gasteiger partial charge on any atom is -0.397 e. The average Bonchev–Trinajstić information content (AvgIpc) is 2.20. The molecular weight excluding hydrogens is 242 g/mol. The van der Waals surface area contributed by atoms with E-state index in [1.165, 1.54) is 6.07 Å². The van der Waals surface area contributed by atoms with Crippen LogP contribution in [-0.4, -0.2) is 18.8 Å². The van der Waals surface area contributed by atoms with Crippen LogP contribution in [0, 0.1) is 5.82 Å². The first kappa shape index (κ1) is 13.1. The lowest BCUT2D eigenvalue weighted by Crippen LogP contribution is -2.36. The molecule has 0 fully saturated rings. The number of halogens is 4. The second-order valence-corrected chi connectivity index (χ2v) is 3.15. The minimum absolute atomic E-state index is 0.0496. The molecule has 1 aromatic rings. The lowest BCUT2D eigenvalue weighted by Gasteiger charge is -2.11. The quantitative estimate of drug-likeness (QED) is 0.556. The van der Waals surface area contributed by atoms with Crippen molar-refractivity contribution in [2.75, 3.05) is 17.6 Å². The summed E-state index contributed by atoms with van der Waals surface area (Å²) >= 11 is 0. The Morgan fingerprint density at radius 3 is 2.59 bits per heavy atom. The van der Waals surface area contributed by atoms with Crippen molar-refractivity contribution in [2.24, 2.45) is 0 Å². The summed E-state index contributed by atoms with van der Waals surface area (Å²) in [6, 6.07) is 2.05. The van der Waals surface area contributed by atoms with Crippen LogP contribution in [0.5, 0.6) is 0 Å². The normalized spacial score (nSPS) is 11.1. The Kier molecular flexibility index (Phi) is 3.77. The van der Waals surface area contributed by atoms with Gasteiger partial charge in [-0.05, 0) is 18.2 Å². The number of alkyl halides is 3. The lowest BCUT2D eigenvalue weighted by molar-refractivity contribution is -0.122. The van der Waals surface area contributed by atoms with Crippen molar-refractivity contribution < 1.29 is 22.4 Å². The van der Waals surface area contributed by atoms with Gasteiger partial charge in [0.05, 0.1) is 11.4 Å². The van der Waals surface area contributed by atoms with Crippen molar-refractivity contribution in [3.8, 4) is 0 Å². The van der Waals surface area contributed by atoms with Gasteiger partial charge in [0.1, 0.15) is 12.4 Å². The predicted octanol–water partition coefficient (Wildman–Crippen LogP) is 2.09. The number of carbonyl (C=O) groups excluding carboxylic acids is 1. The Balaban J connectivity index is 2.59. The molecule has 0 saturated heterocycles. The zero-order valence-corrected chi connectivity index (χ0v) is 8.44. The molecule has 0 radical (unpaired) electrons. The van der Waals surface area contributed by atoms with E-state index in [9.17, 15) is 22.4 Å². The second kappa shape index (κ2) is 4.89. The highest BCUT2D eigenvalue weighted by Crippen LogP contribution is 2.19. The number of hydrogen-bond donors (Lipinski definition) is 3. The molecule has 0 aliphatic rings. The maximum atomic E-state index is 12.8. The summed E-state index contributed by atoms with van der Waals surface area (Å²) in [7, 11) is 0. The molecule has 0 bridgehead atoms. The number of anilines is 2. The van der Waals surface area contributed by atoms with E-state index in [1.807, 2.05) is 5.32 Å². The fourth-order valence-electron chi connectivity index (χ4n) is 0.984. The van der Waals surface area contributed by atoms with Gasteiger partial charge in [-0.3, -0.25) is 0 Å². The summed E-state index contributed by atoms with van der Waals surface area (Å²) in [6.45, 7) is -1.48. The molecular formula is C9H9F4N3O. The first-order valence-electron chi connectivity index (χ1n) is 4.44. The molecule has 0 unspecified atom stereocenters. The average molecular weight is 251 g/mol. The number of nitrogens with two attached hydrogens (primary N) is 1. The van der Waals surface area contributed by atoms with E-state index < -0.39 is 24.6 Å². The van der Waals surface area contributed by atoms with E-state index in [-0.39, 0.29) is 11.4 Å². The molecule has 4 nitrogen and oxygen atoms in total. The molecule has 0 aromatic heterocycles. The van der Waals surface area contributed by atoms with Crippen LogP contribution >= 0.6 is 0 Å². The fourth-order valence-corrected chi connectivity index (χ4v) is 0.984. The minimum atomic E-state index is -4.51. The Labute approximate surface area is 93.8 Å². The molecule has 8 heteroatoms. The molecule has 1 aromatic carbocycles. The fraction of sp³-hybridized carbons (Fsp3) is 0.222. The Bertz CT molecular complexity index is 419. The SMILES string of the molecule is Nc1ccc(F)cc1NC(=O)NCC(F)(F)F. The number of rotatable bonds is 2. The van der Waals surface area contributed by atoms with Crippen molar-refractivity contribution in [1.29, 1.82) is 0 Å². The third-order valence-corrected chi connectivity index (χ3v) is 1.71. The predicted molar refractivity (Wildman–Crippen MR) is 53.9 cm³/mol. The summed E-state index contributed by atoms with van der Waals surface area (Å²) in [4.78, 5) is 11.0. The number of nitrogen functional groups attached to an aromatic ring is 1. The van der Waals surface area contributed by atoms with Crippen molar-refractivity contribution in [1.82, 2.24) is 5.32 Å². The van der Waals surface area contributed by atoms with Gasteiger partial charge < -0.3 is 16.4 Å². The van der Waals surface area contributed by atoms with E-state index in [0.29, 0.717) is 0 Å². The van der Waals surface area contributed by atoms with E-state index in [2.05, 4.69) is 0 Å². The summed E-state index contributed by atoms with van der Waals surface area (Å²) in [5.74, 6) is -0.662. The molecule has 0 aliphatic heterocycles. The molecule has 4 N–H and O–H groups in total. The zero-order chi connectivity index (χ0) is 13.1. The van der Waals surface area contributed by atoms with Gasteiger partial charge in [-0.1, -0.05) is 0 Å². The molecule has 0 atom stereocenters. The van der Waals surface area contributed by atoms with E-state index in [4.69, 9.17) is 5.73 Å². The van der Waals surface area contributed by atoms with Crippen LogP contribution in [0.15, 0.2) is 18.2 Å². The van der Waals surface area contributed by atoms with Gasteiger partial charge in [0.2, 0.25) is 0 Å². The maximum Gasteiger partial charge on any atom is 0.405 e. The van der Waals surface area contributed by atoms with Crippen LogP contribution < -0.4 is 16.4 Å². The second-order valence-electron chi connectivity index (χ2n) is 3.15. The first-order valence-corrected chi connectivity index (χ1v) is 4.44. The molecule has 0 aliphatic carbocycles. The molecule has 94 valence electrons. The van der Waals surface area contributed by atoms with E-state index in [0.717, 1.165) is 12.1 Å². The topological polar surface area (TPSA) is 67.1 Å². The third-order valence-electron chi connectivity index (χ3n) is 1.71. The Hall–Kier alpha value is -1.99. The zero-order valence-electron chi connectivity index (χ0n) is 8.44. The van der Waals surface area contributed by atoms with Crippen LogP contribution in [0.3, 0.4) is 0 Å². The summed E-state index contributed by atoms with van der Waals surface area (Å²) in [6.07, 6.45) is -4.51. The van der Waals surface area contributed by atoms with E-state index >= 15 is 0 Å². The van der Waals surface area contributed by atoms with Crippen LogP contribution in [0.25, 0.3) is 0 Å². The molecule has 0 heterocycles. The summed E-state index contributed by atoms with van der Waals surface area (Å²) in [5, 5.41) is 3.57. The van der Waals surface area contributed by atoms with Gasteiger partial charge in [0.15, 0.2) is 0 Å². The number of benzene rings is 1. The number of urea groups is 1. The molecule has 0 saturated carbocycles. The third kappa shape index (κ3) is 4.58. The molecule has 1 rings (SSSR count). The van der Waals surface area contributed by atoms with Gasteiger partial charge in [0.25, 0.3) is 0 Å². The highest BCUT2D eigenvalue weighted by atomic mass is 19.4. The number of carbonyl (C=O) groups is 1. The van der Waals surface area contributed by atoms with Crippen molar-refractivity contribution in [3.05, 3.63) is 24.0 Å². The number of nitrogens with one attached hydrogen (secondary N) is 2. The van der Waals surface area contributed by atoms with Gasteiger partial charge in [-0.2, -0.15) is 13.2 Å². The highest BCUT2D eigenvalue weighted by Gasteiger charge is 2.27. The molecule has 0 spiro atoms. The van der Waals surface area contributed by atoms with Gasteiger partial charge in [-0.15, -0.1) is 0 Å². The van der Waals surface area contributed by atoms with Crippen molar-refractivity contribution in [3.63, 3.8) is 0 Å². The molecule has 2 amide bonds. The Morgan fingerprint density at radius 2 is 2.00 bits per heavy atom. The largest absolute Gasteiger partial charge is 0.405 e. The smallest absolute Gasteiger partial charge is 0.397 e. The van der Waals surface area contributed by atoms with Crippen LogP contribution in [0.1, 0.15) is 0 Å². The van der Waals surface area contributed by atoms with Gasteiger partial charge >= 0.3 is 12.2 Å². The maximum absolute atomic E-state index is 12.8. The van der Waals surface area contributed by atoms with Crippen LogP contribution in [0.2, 0.25) is 0 Å². The lowest BCUT2D eigenvalue weighted by atomic mass is 10.2. The monoisotopic (exact) mass is 251 g/mol. The number of hydrogen-bond acceptors (Lipinski definition) is 2. The van der Waals surface area contributed by atoms with E-state index in [1.54, 1.807) is 5.32 Å². The van der Waals surface area contributed by atoms with Crippen molar-refractivity contribution >= 4 is 17.4 Å².